The summed E-state index contributed by atoms with van der Waals surface area (Å²) >= 11 is 1.38. The zero-order valence-corrected chi connectivity index (χ0v) is 17.4. The number of aryl methyl sites for hydroxylation is 2. The van der Waals surface area contributed by atoms with Crippen molar-refractivity contribution in [2.75, 3.05) is 5.01 Å². The summed E-state index contributed by atoms with van der Waals surface area (Å²) in [4.78, 5) is 0. The lowest BCUT2D eigenvalue weighted by atomic mass is 10.2. The first-order valence-corrected chi connectivity index (χ1v) is 10.1. The second-order valence-corrected chi connectivity index (χ2v) is 8.17. The van der Waals surface area contributed by atoms with Crippen LogP contribution in [0.4, 0.5) is 19.0 Å². The maximum Gasteiger partial charge on any atom is 0.173 e. The van der Waals surface area contributed by atoms with E-state index in [2.05, 4.69) is 15.3 Å². The van der Waals surface area contributed by atoms with E-state index in [0.717, 1.165) is 28.6 Å². The van der Waals surface area contributed by atoms with Gasteiger partial charge in [0.2, 0.25) is 0 Å². The maximum absolute atomic E-state index is 13.9. The van der Waals surface area contributed by atoms with Gasteiger partial charge < -0.3 is 5.73 Å². The van der Waals surface area contributed by atoms with Crippen LogP contribution in [0.3, 0.4) is 0 Å². The van der Waals surface area contributed by atoms with Crippen molar-refractivity contribution in [1.82, 2.24) is 19.6 Å². The molecule has 3 heterocycles. The molecule has 11 heteroatoms. The smallest absolute Gasteiger partial charge is 0.173 e. The quantitative estimate of drug-likeness (QED) is 0.621. The average Bonchev–Trinajstić information content (AvgIpc) is 3.40. The first kappa shape index (κ1) is 20.5. The summed E-state index contributed by atoms with van der Waals surface area (Å²) in [5.74, 6) is -2.75. The maximum atomic E-state index is 13.9. The average molecular weight is 435 g/mol. The zero-order chi connectivity index (χ0) is 21.6. The highest BCUT2D eigenvalue weighted by atomic mass is 32.2. The van der Waals surface area contributed by atoms with Crippen LogP contribution in [-0.2, 0) is 6.54 Å². The summed E-state index contributed by atoms with van der Waals surface area (Å²) in [6.45, 7) is 5.62. The van der Waals surface area contributed by atoms with E-state index >= 15 is 0 Å². The molecule has 2 aromatic heterocycles. The Bertz CT molecular complexity index is 1120. The Hall–Kier alpha value is -2.79. The summed E-state index contributed by atoms with van der Waals surface area (Å²) in [6, 6.07) is 5.15. The molecule has 2 atom stereocenters. The van der Waals surface area contributed by atoms with Crippen LogP contribution in [0.5, 0.6) is 0 Å². The Morgan fingerprint density at radius 3 is 2.57 bits per heavy atom. The van der Waals surface area contributed by atoms with Crippen LogP contribution in [0.2, 0.25) is 0 Å². The molecule has 0 saturated carbocycles. The van der Waals surface area contributed by atoms with Gasteiger partial charge in [-0.1, -0.05) is 11.8 Å². The Morgan fingerprint density at radius 1 is 1.13 bits per heavy atom. The molecule has 2 unspecified atom stereocenters. The van der Waals surface area contributed by atoms with Crippen LogP contribution >= 0.6 is 11.8 Å². The minimum Gasteiger partial charge on any atom is -0.301 e. The molecule has 1 aromatic carbocycles. The van der Waals surface area contributed by atoms with E-state index in [4.69, 9.17) is 5.73 Å². The number of anilines is 1. The third kappa shape index (κ3) is 3.70. The van der Waals surface area contributed by atoms with Crippen molar-refractivity contribution >= 4 is 22.6 Å². The molecular formula is C19H20F3N7S. The van der Waals surface area contributed by atoms with E-state index in [1.165, 1.54) is 27.6 Å². The van der Waals surface area contributed by atoms with Gasteiger partial charge in [0.1, 0.15) is 10.9 Å². The number of hydrogen-bond acceptors (Lipinski definition) is 6. The Morgan fingerprint density at radius 2 is 1.87 bits per heavy atom. The highest BCUT2D eigenvalue weighted by molar-refractivity contribution is 8.14. The third-order valence-electron chi connectivity index (χ3n) is 4.78. The number of thioether (sulfide) groups is 1. The molecule has 0 aliphatic carbocycles. The summed E-state index contributed by atoms with van der Waals surface area (Å²) in [7, 11) is 0. The number of benzene rings is 1. The Kier molecular flexibility index (Phi) is 5.33. The molecule has 7 nitrogen and oxygen atoms in total. The first-order chi connectivity index (χ1) is 14.2. The number of nitrogens with two attached hydrogens (primary N) is 1. The molecule has 0 fully saturated rings. The second kappa shape index (κ2) is 7.80. The molecule has 4 rings (SSSR count). The standard InChI is InChI=1S/C19H20F3N7S/c1-10-8-11(2)28(24-10)12(3)18-26-29(19(23)30-18)16-6-7-27(25-16)9-13-14(20)4-5-15(21)17(13)22/h4-8,12,19H,9,23H2,1-3H3. The van der Waals surface area contributed by atoms with Crippen molar-refractivity contribution in [3.05, 3.63) is 64.9 Å². The van der Waals surface area contributed by atoms with Crippen molar-refractivity contribution in [3.8, 4) is 0 Å². The van der Waals surface area contributed by atoms with Gasteiger partial charge in [0.25, 0.3) is 0 Å². The number of halogens is 3. The molecule has 0 amide bonds. The summed E-state index contributed by atoms with van der Waals surface area (Å²) < 4.78 is 44.5. The van der Waals surface area contributed by atoms with Gasteiger partial charge in [-0.25, -0.2) is 18.2 Å². The minimum absolute atomic E-state index is 0.114. The Balaban J connectivity index is 1.56. The molecule has 2 N–H and O–H groups in total. The molecule has 0 bridgehead atoms. The molecule has 0 radical (unpaired) electrons. The first-order valence-electron chi connectivity index (χ1n) is 9.23. The van der Waals surface area contributed by atoms with Crippen molar-refractivity contribution in [2.24, 2.45) is 10.8 Å². The molecule has 0 saturated heterocycles. The van der Waals surface area contributed by atoms with Crippen LogP contribution in [0, 0.1) is 31.3 Å². The predicted molar refractivity (Wildman–Crippen MR) is 110 cm³/mol. The highest BCUT2D eigenvalue weighted by Crippen LogP contribution is 2.32. The lowest BCUT2D eigenvalue weighted by Gasteiger charge is -2.15. The second-order valence-electron chi connectivity index (χ2n) is 7.03. The lowest BCUT2D eigenvalue weighted by Crippen LogP contribution is -2.32. The molecule has 30 heavy (non-hydrogen) atoms. The van der Waals surface area contributed by atoms with E-state index in [0.29, 0.717) is 5.82 Å². The highest BCUT2D eigenvalue weighted by Gasteiger charge is 2.31. The van der Waals surface area contributed by atoms with Crippen LogP contribution in [-0.4, -0.2) is 30.1 Å². The number of rotatable bonds is 5. The number of hydrogen-bond donors (Lipinski definition) is 1. The largest absolute Gasteiger partial charge is 0.301 e. The molecular weight excluding hydrogens is 415 g/mol. The van der Waals surface area contributed by atoms with Gasteiger partial charge in [-0.2, -0.15) is 15.3 Å². The monoisotopic (exact) mass is 435 g/mol. The van der Waals surface area contributed by atoms with E-state index in [1.54, 1.807) is 6.07 Å². The summed E-state index contributed by atoms with van der Waals surface area (Å²) in [5.41, 5.74) is 7.24. The summed E-state index contributed by atoms with van der Waals surface area (Å²) in [6.07, 6.45) is 1.54. The van der Waals surface area contributed by atoms with Gasteiger partial charge in [-0.05, 0) is 39.0 Å². The fourth-order valence-electron chi connectivity index (χ4n) is 3.30. The van der Waals surface area contributed by atoms with E-state index < -0.39 is 28.5 Å². The number of hydrazone groups is 1. The van der Waals surface area contributed by atoms with E-state index in [9.17, 15) is 13.2 Å². The van der Waals surface area contributed by atoms with Gasteiger partial charge in [0, 0.05) is 23.5 Å². The minimum atomic E-state index is -1.22. The fraction of sp³-hybridized carbons (Fsp3) is 0.316. The van der Waals surface area contributed by atoms with E-state index in [-0.39, 0.29) is 12.6 Å². The lowest BCUT2D eigenvalue weighted by molar-refractivity contribution is 0.470. The van der Waals surface area contributed by atoms with Crippen LogP contribution in [0.15, 0.2) is 35.6 Å². The van der Waals surface area contributed by atoms with Crippen molar-refractivity contribution in [2.45, 2.75) is 38.9 Å². The molecule has 1 aliphatic rings. The van der Waals surface area contributed by atoms with Crippen molar-refractivity contribution in [3.63, 3.8) is 0 Å². The van der Waals surface area contributed by atoms with Gasteiger partial charge in [-0.3, -0.25) is 9.36 Å². The molecule has 1 aliphatic heterocycles. The number of aromatic nitrogens is 4. The van der Waals surface area contributed by atoms with Gasteiger partial charge >= 0.3 is 0 Å². The van der Waals surface area contributed by atoms with Gasteiger partial charge in [0.05, 0.1) is 18.3 Å². The van der Waals surface area contributed by atoms with Crippen LogP contribution in [0.1, 0.15) is 29.9 Å². The SMILES string of the molecule is Cc1cc(C)n(C(C)C2=NN(c3ccn(Cc4c(F)ccc(F)c4F)n3)C(N)S2)n1. The normalized spacial score (nSPS) is 17.5. The van der Waals surface area contributed by atoms with Crippen molar-refractivity contribution in [1.29, 1.82) is 0 Å². The summed E-state index contributed by atoms with van der Waals surface area (Å²) in [5, 5.41) is 15.7. The Labute approximate surface area is 175 Å². The molecule has 0 spiro atoms. The molecule has 158 valence electrons. The molecule has 3 aromatic rings. The fourth-order valence-corrected chi connectivity index (χ4v) is 4.24. The van der Waals surface area contributed by atoms with Crippen LogP contribution in [0.25, 0.3) is 0 Å². The zero-order valence-electron chi connectivity index (χ0n) is 16.6. The van der Waals surface area contributed by atoms with Gasteiger partial charge in [-0.15, -0.1) is 0 Å². The topological polar surface area (TPSA) is 77.3 Å². The predicted octanol–water partition coefficient (Wildman–Crippen LogP) is 3.53. The third-order valence-corrected chi connectivity index (χ3v) is 5.88. The number of nitrogens with zero attached hydrogens (tertiary/aromatic N) is 6. The van der Waals surface area contributed by atoms with Crippen LogP contribution < -0.4 is 10.7 Å². The van der Waals surface area contributed by atoms with Crippen molar-refractivity contribution < 1.29 is 13.2 Å². The van der Waals surface area contributed by atoms with E-state index in [1.807, 2.05) is 31.5 Å². The van der Waals surface area contributed by atoms with Gasteiger partial charge in [0.15, 0.2) is 23.0 Å².